The van der Waals surface area contributed by atoms with Crippen molar-refractivity contribution in [2.45, 2.75) is 32.3 Å². The van der Waals surface area contributed by atoms with Gasteiger partial charge in [-0.3, -0.25) is 0 Å². The minimum atomic E-state index is -0.981. The number of aliphatic carboxylic acids is 1. The summed E-state index contributed by atoms with van der Waals surface area (Å²) in [4.78, 5) is 9.25. The van der Waals surface area contributed by atoms with Crippen molar-refractivity contribution in [3.8, 4) is 0 Å². The van der Waals surface area contributed by atoms with Gasteiger partial charge in [-0.05, 0) is 26.2 Å². The first-order chi connectivity index (χ1) is 6.39. The molecule has 14 heavy (non-hydrogen) atoms. The van der Waals surface area contributed by atoms with Crippen LogP contribution in [0.25, 0.3) is 0 Å². The van der Waals surface area contributed by atoms with E-state index in [1.807, 2.05) is 6.92 Å². The minimum Gasteiger partial charge on any atom is -0.478 e. The first-order valence-corrected chi connectivity index (χ1v) is 4.38. The molecule has 0 aromatic heterocycles. The minimum absolute atomic E-state index is 0.157. The van der Waals surface area contributed by atoms with Gasteiger partial charge in [0.15, 0.2) is 0 Å². The van der Waals surface area contributed by atoms with Crippen LogP contribution in [0.4, 0.5) is 0 Å². The lowest BCUT2D eigenvalue weighted by atomic mass is 9.98. The third kappa shape index (κ3) is 13.7. The Balaban J connectivity index is 0. The van der Waals surface area contributed by atoms with Crippen LogP contribution in [-0.4, -0.2) is 33.5 Å². The van der Waals surface area contributed by atoms with Gasteiger partial charge in [0.2, 0.25) is 0 Å². The fourth-order valence-electron chi connectivity index (χ4n) is 0.581. The molecule has 0 aliphatic heterocycles. The van der Waals surface area contributed by atoms with Crippen LogP contribution in [0.2, 0.25) is 0 Å². The van der Waals surface area contributed by atoms with Crippen LogP contribution in [0.15, 0.2) is 12.7 Å². The monoisotopic (exact) mass is 203 g/mol. The van der Waals surface area contributed by atoms with Crippen LogP contribution < -0.4 is 0 Å². The van der Waals surface area contributed by atoms with Crippen molar-refractivity contribution in [2.24, 2.45) is 0 Å². The zero-order valence-corrected chi connectivity index (χ0v) is 8.73. The number of hydrogen-bond acceptors (Lipinski definition) is 3. The lowest BCUT2D eigenvalue weighted by molar-refractivity contribution is -0.131. The molecular weight excluding hydrogens is 184 g/mol. The molecule has 1 radical (unpaired) electrons. The van der Waals surface area contributed by atoms with Crippen molar-refractivity contribution in [2.75, 3.05) is 6.61 Å². The standard InChI is InChI=1S/C7H15O2.C3H4O2/c1-3-7(2,9)5-4-6-8;1-2-3(4)5/h3,8-9H,4-6H2,1-2H3;2H,1H2,(H,4,5). The molecule has 0 bridgehead atoms. The number of carboxylic acid groups (broad SMARTS) is 1. The number of carboxylic acids is 1. The highest BCUT2D eigenvalue weighted by atomic mass is 16.4. The predicted molar refractivity (Wildman–Crippen MR) is 54.8 cm³/mol. The van der Waals surface area contributed by atoms with E-state index in [4.69, 9.17) is 10.2 Å². The zero-order valence-electron chi connectivity index (χ0n) is 8.73. The summed E-state index contributed by atoms with van der Waals surface area (Å²) >= 11 is 0. The summed E-state index contributed by atoms with van der Waals surface area (Å²) in [5, 5.41) is 25.3. The molecule has 0 spiro atoms. The van der Waals surface area contributed by atoms with Gasteiger partial charge in [-0.25, -0.2) is 4.79 Å². The molecule has 0 heterocycles. The first-order valence-electron chi connectivity index (χ1n) is 4.38. The van der Waals surface area contributed by atoms with E-state index in [2.05, 4.69) is 6.58 Å². The first kappa shape index (κ1) is 15.6. The molecule has 0 aromatic rings. The van der Waals surface area contributed by atoms with Crippen molar-refractivity contribution in [3.63, 3.8) is 0 Å². The van der Waals surface area contributed by atoms with E-state index in [0.717, 1.165) is 6.08 Å². The quantitative estimate of drug-likeness (QED) is 0.582. The van der Waals surface area contributed by atoms with Gasteiger partial charge in [-0.2, -0.15) is 0 Å². The molecule has 83 valence electrons. The molecule has 4 nitrogen and oxygen atoms in total. The Bertz CT molecular complexity index is 164. The Morgan fingerprint density at radius 2 is 2.00 bits per heavy atom. The highest BCUT2D eigenvalue weighted by molar-refractivity contribution is 5.78. The summed E-state index contributed by atoms with van der Waals surface area (Å²) in [5.41, 5.74) is -0.692. The lowest BCUT2D eigenvalue weighted by Crippen LogP contribution is -2.23. The zero-order chi connectivity index (χ0) is 11.6. The third-order valence-electron chi connectivity index (χ3n) is 1.64. The molecule has 1 unspecified atom stereocenters. The van der Waals surface area contributed by atoms with Crippen LogP contribution in [0, 0.1) is 6.42 Å². The van der Waals surface area contributed by atoms with E-state index in [0.29, 0.717) is 12.8 Å². The van der Waals surface area contributed by atoms with Crippen molar-refractivity contribution in [1.29, 1.82) is 0 Å². The molecule has 0 aromatic carbocycles. The molecule has 0 amide bonds. The molecule has 0 saturated heterocycles. The van der Waals surface area contributed by atoms with Crippen LogP contribution >= 0.6 is 0 Å². The molecule has 0 saturated carbocycles. The molecule has 0 fully saturated rings. The number of aliphatic hydroxyl groups excluding tert-OH is 1. The van der Waals surface area contributed by atoms with Crippen molar-refractivity contribution >= 4 is 5.97 Å². The summed E-state index contributed by atoms with van der Waals surface area (Å²) < 4.78 is 0. The molecule has 1 atom stereocenters. The van der Waals surface area contributed by atoms with Crippen LogP contribution in [0.5, 0.6) is 0 Å². The van der Waals surface area contributed by atoms with Crippen LogP contribution in [0.1, 0.15) is 26.7 Å². The van der Waals surface area contributed by atoms with Crippen LogP contribution in [-0.2, 0) is 4.79 Å². The van der Waals surface area contributed by atoms with Gasteiger partial charge in [0.1, 0.15) is 0 Å². The fourth-order valence-corrected chi connectivity index (χ4v) is 0.581. The molecule has 3 N–H and O–H groups in total. The Hall–Kier alpha value is -0.870. The lowest BCUT2D eigenvalue weighted by Gasteiger charge is -2.19. The highest BCUT2D eigenvalue weighted by Gasteiger charge is 2.15. The predicted octanol–water partition coefficient (Wildman–Crippen LogP) is 0.991. The van der Waals surface area contributed by atoms with Gasteiger partial charge in [-0.15, -0.1) is 0 Å². The maximum atomic E-state index is 9.29. The maximum absolute atomic E-state index is 9.29. The third-order valence-corrected chi connectivity index (χ3v) is 1.64. The highest BCUT2D eigenvalue weighted by Crippen LogP contribution is 2.13. The van der Waals surface area contributed by atoms with E-state index in [9.17, 15) is 9.90 Å². The second kappa shape index (κ2) is 8.72. The van der Waals surface area contributed by atoms with E-state index in [-0.39, 0.29) is 6.61 Å². The number of aliphatic hydroxyl groups is 2. The normalized spacial score (nSPS) is 13.4. The summed E-state index contributed by atoms with van der Waals surface area (Å²) in [5.74, 6) is -0.981. The number of rotatable bonds is 5. The average Bonchev–Trinajstić information content (AvgIpc) is 2.16. The fraction of sp³-hybridized carbons (Fsp3) is 0.600. The number of hydrogen-bond donors (Lipinski definition) is 3. The Kier molecular flexibility index (Phi) is 9.71. The van der Waals surface area contributed by atoms with Gasteiger partial charge in [0, 0.05) is 12.7 Å². The van der Waals surface area contributed by atoms with Gasteiger partial charge >= 0.3 is 5.97 Å². The van der Waals surface area contributed by atoms with Gasteiger partial charge in [0.05, 0.1) is 5.60 Å². The second-order valence-electron chi connectivity index (χ2n) is 3.02. The number of carbonyl (C=O) groups is 1. The van der Waals surface area contributed by atoms with Crippen molar-refractivity contribution < 1.29 is 20.1 Å². The van der Waals surface area contributed by atoms with Gasteiger partial charge < -0.3 is 15.3 Å². The second-order valence-corrected chi connectivity index (χ2v) is 3.02. The molecule has 4 heteroatoms. The summed E-state index contributed by atoms with van der Waals surface area (Å²) in [6.07, 6.45) is 3.88. The maximum Gasteiger partial charge on any atom is 0.327 e. The smallest absolute Gasteiger partial charge is 0.327 e. The summed E-state index contributed by atoms with van der Waals surface area (Å²) in [6.45, 7) is 6.67. The summed E-state index contributed by atoms with van der Waals surface area (Å²) in [6, 6.07) is 0. The molecule has 0 aliphatic rings. The molecule has 0 rings (SSSR count). The molecular formula is C10H19O4. The Morgan fingerprint density at radius 3 is 2.21 bits per heavy atom. The van der Waals surface area contributed by atoms with Gasteiger partial charge in [-0.1, -0.05) is 13.5 Å². The SMILES string of the molecule is C=CC(=O)O.C[CH]C(C)(O)CCCO. The van der Waals surface area contributed by atoms with E-state index in [1.165, 1.54) is 0 Å². The van der Waals surface area contributed by atoms with E-state index in [1.54, 1.807) is 13.3 Å². The molecule has 0 aliphatic carbocycles. The van der Waals surface area contributed by atoms with Crippen LogP contribution in [0.3, 0.4) is 0 Å². The van der Waals surface area contributed by atoms with E-state index >= 15 is 0 Å². The largest absolute Gasteiger partial charge is 0.478 e. The summed E-state index contributed by atoms with van der Waals surface area (Å²) in [7, 11) is 0. The topological polar surface area (TPSA) is 77.8 Å². The van der Waals surface area contributed by atoms with Crippen molar-refractivity contribution in [1.82, 2.24) is 0 Å². The Morgan fingerprint density at radius 1 is 1.57 bits per heavy atom. The average molecular weight is 203 g/mol. The Labute approximate surface area is 84.9 Å². The van der Waals surface area contributed by atoms with E-state index < -0.39 is 11.6 Å². The van der Waals surface area contributed by atoms with Gasteiger partial charge in [0.25, 0.3) is 0 Å². The van der Waals surface area contributed by atoms with Crippen molar-refractivity contribution in [3.05, 3.63) is 19.1 Å².